The fourth-order valence-corrected chi connectivity index (χ4v) is 2.71. The SMILES string of the molecule is CCCC(CNC(C)C)N1CCC(C(F)(F)F)CC1. The molecule has 2 nitrogen and oxygen atoms in total. The lowest BCUT2D eigenvalue weighted by Crippen LogP contribution is -2.48. The summed E-state index contributed by atoms with van der Waals surface area (Å²) in [5, 5.41) is 3.41. The van der Waals surface area contributed by atoms with Crippen LogP contribution in [0.2, 0.25) is 0 Å². The van der Waals surface area contributed by atoms with E-state index in [1.165, 1.54) is 0 Å². The number of alkyl halides is 3. The molecule has 1 N–H and O–H groups in total. The third-order valence-electron chi connectivity index (χ3n) is 3.89. The number of hydrogen-bond acceptors (Lipinski definition) is 2. The average molecular weight is 280 g/mol. The van der Waals surface area contributed by atoms with Crippen molar-refractivity contribution in [3.63, 3.8) is 0 Å². The third-order valence-corrected chi connectivity index (χ3v) is 3.89. The van der Waals surface area contributed by atoms with Crippen molar-refractivity contribution < 1.29 is 13.2 Å². The van der Waals surface area contributed by atoms with E-state index in [2.05, 4.69) is 31.0 Å². The Bertz CT molecular complexity index is 246. The van der Waals surface area contributed by atoms with Gasteiger partial charge in [0, 0.05) is 18.6 Å². The molecule has 1 aliphatic heterocycles. The third kappa shape index (κ3) is 5.69. The van der Waals surface area contributed by atoms with Crippen LogP contribution in [-0.2, 0) is 0 Å². The van der Waals surface area contributed by atoms with Gasteiger partial charge in [0.25, 0.3) is 0 Å². The second-order valence-electron chi connectivity index (χ2n) is 5.86. The molecule has 1 fully saturated rings. The van der Waals surface area contributed by atoms with Gasteiger partial charge in [-0.3, -0.25) is 4.90 Å². The van der Waals surface area contributed by atoms with Gasteiger partial charge in [0.15, 0.2) is 0 Å². The Balaban J connectivity index is 2.45. The van der Waals surface area contributed by atoms with Crippen molar-refractivity contribution in [3.05, 3.63) is 0 Å². The summed E-state index contributed by atoms with van der Waals surface area (Å²) >= 11 is 0. The molecule has 1 heterocycles. The van der Waals surface area contributed by atoms with Crippen molar-refractivity contribution in [1.82, 2.24) is 10.2 Å². The highest BCUT2D eigenvalue weighted by atomic mass is 19.4. The summed E-state index contributed by atoms with van der Waals surface area (Å²) in [5.41, 5.74) is 0. The molecule has 0 bridgehead atoms. The number of nitrogens with zero attached hydrogens (tertiary/aromatic N) is 1. The molecule has 0 spiro atoms. The highest BCUT2D eigenvalue weighted by molar-refractivity contribution is 4.82. The van der Waals surface area contributed by atoms with Crippen LogP contribution in [-0.4, -0.2) is 42.8 Å². The van der Waals surface area contributed by atoms with Gasteiger partial charge in [0.05, 0.1) is 5.92 Å². The topological polar surface area (TPSA) is 15.3 Å². The van der Waals surface area contributed by atoms with Crippen LogP contribution in [0.1, 0.15) is 46.5 Å². The van der Waals surface area contributed by atoms with Gasteiger partial charge in [0.1, 0.15) is 0 Å². The predicted octanol–water partition coefficient (Wildman–Crippen LogP) is 3.43. The Hall–Kier alpha value is -0.290. The second kappa shape index (κ2) is 7.48. The Kier molecular flexibility index (Phi) is 6.60. The van der Waals surface area contributed by atoms with Gasteiger partial charge in [-0.25, -0.2) is 0 Å². The van der Waals surface area contributed by atoms with E-state index in [0.717, 1.165) is 19.4 Å². The summed E-state index contributed by atoms with van der Waals surface area (Å²) in [5.74, 6) is -1.09. The summed E-state index contributed by atoms with van der Waals surface area (Å²) < 4.78 is 37.9. The number of rotatable bonds is 6. The number of hydrogen-bond donors (Lipinski definition) is 1. The molecular weight excluding hydrogens is 253 g/mol. The van der Waals surface area contributed by atoms with Crippen LogP contribution < -0.4 is 5.32 Å². The fraction of sp³-hybridized carbons (Fsp3) is 1.00. The standard InChI is InChI=1S/C14H27F3N2/c1-4-5-13(10-18-11(2)3)19-8-6-12(7-9-19)14(15,16)17/h11-13,18H,4-10H2,1-3H3. The van der Waals surface area contributed by atoms with E-state index in [0.29, 0.717) is 25.2 Å². The summed E-state index contributed by atoms with van der Waals surface area (Å²) in [6.07, 6.45) is -1.38. The molecule has 114 valence electrons. The minimum Gasteiger partial charge on any atom is -0.313 e. The van der Waals surface area contributed by atoms with E-state index in [1.54, 1.807) is 0 Å². The first-order valence-electron chi connectivity index (χ1n) is 7.38. The van der Waals surface area contributed by atoms with Gasteiger partial charge >= 0.3 is 6.18 Å². The Morgan fingerprint density at radius 1 is 1.21 bits per heavy atom. The van der Waals surface area contributed by atoms with Gasteiger partial charge < -0.3 is 5.32 Å². The molecule has 0 aromatic heterocycles. The van der Waals surface area contributed by atoms with Crippen molar-refractivity contribution >= 4 is 0 Å². The average Bonchev–Trinajstić information content (AvgIpc) is 2.33. The molecule has 1 saturated heterocycles. The van der Waals surface area contributed by atoms with Crippen LogP contribution in [0.25, 0.3) is 0 Å². The minimum atomic E-state index is -4.01. The van der Waals surface area contributed by atoms with E-state index in [1.807, 2.05) is 0 Å². The highest BCUT2D eigenvalue weighted by Gasteiger charge is 2.41. The molecular formula is C14H27F3N2. The van der Waals surface area contributed by atoms with Gasteiger partial charge in [-0.2, -0.15) is 13.2 Å². The van der Waals surface area contributed by atoms with Gasteiger partial charge in [-0.15, -0.1) is 0 Å². The van der Waals surface area contributed by atoms with E-state index in [9.17, 15) is 13.2 Å². The molecule has 1 atom stereocenters. The van der Waals surface area contributed by atoms with Gasteiger partial charge in [-0.1, -0.05) is 27.2 Å². The molecule has 1 aliphatic rings. The lowest BCUT2D eigenvalue weighted by molar-refractivity contribution is -0.186. The molecule has 1 unspecified atom stereocenters. The fourth-order valence-electron chi connectivity index (χ4n) is 2.71. The number of nitrogens with one attached hydrogen (secondary N) is 1. The maximum absolute atomic E-state index is 12.6. The van der Waals surface area contributed by atoms with Gasteiger partial charge in [0.2, 0.25) is 0 Å². The van der Waals surface area contributed by atoms with Crippen LogP contribution in [0.15, 0.2) is 0 Å². The zero-order valence-electron chi connectivity index (χ0n) is 12.3. The van der Waals surface area contributed by atoms with Crippen LogP contribution in [0.3, 0.4) is 0 Å². The van der Waals surface area contributed by atoms with Crippen molar-refractivity contribution in [2.24, 2.45) is 5.92 Å². The Morgan fingerprint density at radius 2 is 1.79 bits per heavy atom. The summed E-state index contributed by atoms with van der Waals surface area (Å²) in [7, 11) is 0. The Morgan fingerprint density at radius 3 is 2.21 bits per heavy atom. The van der Waals surface area contributed by atoms with E-state index < -0.39 is 12.1 Å². The first-order chi connectivity index (χ1) is 8.84. The van der Waals surface area contributed by atoms with Crippen molar-refractivity contribution in [3.8, 4) is 0 Å². The maximum Gasteiger partial charge on any atom is 0.391 e. The van der Waals surface area contributed by atoms with Crippen LogP contribution in [0, 0.1) is 5.92 Å². The predicted molar refractivity (Wildman–Crippen MR) is 72.2 cm³/mol. The number of halogens is 3. The first-order valence-corrected chi connectivity index (χ1v) is 7.38. The van der Waals surface area contributed by atoms with E-state index >= 15 is 0 Å². The van der Waals surface area contributed by atoms with Crippen molar-refractivity contribution in [2.75, 3.05) is 19.6 Å². The zero-order valence-corrected chi connectivity index (χ0v) is 12.3. The van der Waals surface area contributed by atoms with Crippen molar-refractivity contribution in [2.45, 2.75) is 64.7 Å². The summed E-state index contributed by atoms with van der Waals surface area (Å²) in [6, 6.07) is 0.800. The van der Waals surface area contributed by atoms with Crippen LogP contribution >= 0.6 is 0 Å². The Labute approximate surface area is 114 Å². The zero-order chi connectivity index (χ0) is 14.5. The largest absolute Gasteiger partial charge is 0.391 e. The smallest absolute Gasteiger partial charge is 0.313 e. The van der Waals surface area contributed by atoms with Crippen molar-refractivity contribution in [1.29, 1.82) is 0 Å². The first kappa shape index (κ1) is 16.8. The van der Waals surface area contributed by atoms with Crippen LogP contribution in [0.4, 0.5) is 13.2 Å². The maximum atomic E-state index is 12.6. The van der Waals surface area contributed by atoms with E-state index in [-0.39, 0.29) is 12.8 Å². The monoisotopic (exact) mass is 280 g/mol. The second-order valence-corrected chi connectivity index (χ2v) is 5.86. The molecule has 1 rings (SSSR count). The quantitative estimate of drug-likeness (QED) is 0.802. The van der Waals surface area contributed by atoms with Gasteiger partial charge in [-0.05, 0) is 32.4 Å². The molecule has 5 heteroatoms. The normalized spacial score (nSPS) is 21.0. The summed E-state index contributed by atoms with van der Waals surface area (Å²) in [6.45, 7) is 8.36. The number of likely N-dealkylation sites (tertiary alicyclic amines) is 1. The van der Waals surface area contributed by atoms with Crippen LogP contribution in [0.5, 0.6) is 0 Å². The molecule has 19 heavy (non-hydrogen) atoms. The lowest BCUT2D eigenvalue weighted by Gasteiger charge is -2.38. The molecule has 0 aromatic rings. The molecule has 0 aliphatic carbocycles. The molecule has 0 saturated carbocycles. The molecule has 0 amide bonds. The van der Waals surface area contributed by atoms with E-state index in [4.69, 9.17) is 0 Å². The number of piperidine rings is 1. The minimum absolute atomic E-state index is 0.255. The lowest BCUT2D eigenvalue weighted by atomic mass is 9.94. The highest BCUT2D eigenvalue weighted by Crippen LogP contribution is 2.34. The summed E-state index contributed by atoms with van der Waals surface area (Å²) in [4.78, 5) is 2.24. The molecule has 0 radical (unpaired) electrons. The molecule has 0 aromatic carbocycles.